The minimum Gasteiger partial charge on any atom is -0.347 e. The van der Waals surface area contributed by atoms with Crippen molar-refractivity contribution in [2.45, 2.75) is 44.9 Å². The van der Waals surface area contributed by atoms with E-state index in [0.717, 1.165) is 63.7 Å². The fourth-order valence-corrected chi connectivity index (χ4v) is 4.88. The van der Waals surface area contributed by atoms with Gasteiger partial charge < -0.3 is 15.1 Å². The topological polar surface area (TPSA) is 69.7 Å². The zero-order chi connectivity index (χ0) is 19.5. The Morgan fingerprint density at radius 1 is 0.929 bits per heavy atom. The molecule has 1 aromatic carbocycles. The number of benzene rings is 1. The summed E-state index contributed by atoms with van der Waals surface area (Å²) < 4.78 is 0. The van der Waals surface area contributed by atoms with Gasteiger partial charge in [-0.3, -0.25) is 14.4 Å². The average Bonchev–Trinajstić information content (AvgIpc) is 3.41. The van der Waals surface area contributed by atoms with E-state index in [-0.39, 0.29) is 36.1 Å². The molecule has 2 atom stereocenters. The Morgan fingerprint density at radius 2 is 1.64 bits per heavy atom. The van der Waals surface area contributed by atoms with E-state index >= 15 is 0 Å². The van der Waals surface area contributed by atoms with Crippen LogP contribution in [0.5, 0.6) is 0 Å². The second-order valence-corrected chi connectivity index (χ2v) is 8.17. The highest BCUT2D eigenvalue weighted by atomic mass is 16.2. The van der Waals surface area contributed by atoms with Gasteiger partial charge in [0.25, 0.3) is 0 Å². The van der Waals surface area contributed by atoms with Crippen molar-refractivity contribution in [2.75, 3.05) is 31.1 Å². The summed E-state index contributed by atoms with van der Waals surface area (Å²) in [4.78, 5) is 42.0. The molecule has 150 valence electrons. The number of carbonyl (C=O) groups is 3. The van der Waals surface area contributed by atoms with Crippen molar-refractivity contribution in [1.82, 2.24) is 10.2 Å². The van der Waals surface area contributed by atoms with E-state index in [1.165, 1.54) is 5.56 Å². The molecule has 0 bridgehead atoms. The smallest absolute Gasteiger partial charge is 0.241 e. The van der Waals surface area contributed by atoms with Crippen molar-refractivity contribution in [3.8, 4) is 0 Å². The Balaban J connectivity index is 1.40. The van der Waals surface area contributed by atoms with Crippen LogP contribution in [-0.4, -0.2) is 48.8 Å². The zero-order valence-corrected chi connectivity index (χ0v) is 16.4. The highest BCUT2D eigenvalue weighted by molar-refractivity contribution is 6.00. The Bertz CT molecular complexity index is 757. The van der Waals surface area contributed by atoms with Crippen LogP contribution in [0.15, 0.2) is 24.3 Å². The lowest BCUT2D eigenvalue weighted by Crippen LogP contribution is -2.47. The van der Waals surface area contributed by atoms with Crippen molar-refractivity contribution in [3.05, 3.63) is 29.8 Å². The van der Waals surface area contributed by atoms with Crippen molar-refractivity contribution in [3.63, 3.8) is 0 Å². The first-order chi connectivity index (χ1) is 13.6. The van der Waals surface area contributed by atoms with Gasteiger partial charge in [0.15, 0.2) is 0 Å². The van der Waals surface area contributed by atoms with Gasteiger partial charge in [0.05, 0.1) is 12.5 Å². The van der Waals surface area contributed by atoms with Crippen LogP contribution < -0.4 is 10.2 Å². The van der Waals surface area contributed by atoms with Gasteiger partial charge in [-0.25, -0.2) is 0 Å². The summed E-state index contributed by atoms with van der Waals surface area (Å²) in [6.07, 6.45) is 6.34. The normalized spacial score (nSPS) is 24.1. The molecular formula is C22H29N3O3. The largest absolute Gasteiger partial charge is 0.347 e. The van der Waals surface area contributed by atoms with Gasteiger partial charge in [-0.05, 0) is 43.7 Å². The number of amides is 3. The summed E-state index contributed by atoms with van der Waals surface area (Å²) in [5.41, 5.74) is 2.19. The molecular weight excluding hydrogens is 354 g/mol. The standard InChI is InChI=1S/C22H29N3O3/c26-20(24-12-5-6-13-24)15-23-21(27)17-8-2-3-9-18(17)22(28)25-14-11-16-7-1-4-10-19(16)25/h1,4,7,10,17-18H,2-3,5-6,8-9,11-15H2,(H,23,27). The molecule has 0 radical (unpaired) electrons. The fourth-order valence-electron chi connectivity index (χ4n) is 4.88. The first-order valence-corrected chi connectivity index (χ1v) is 10.6. The predicted octanol–water partition coefficient (Wildman–Crippen LogP) is 2.12. The summed E-state index contributed by atoms with van der Waals surface area (Å²) in [6, 6.07) is 8.02. The summed E-state index contributed by atoms with van der Waals surface area (Å²) in [7, 11) is 0. The maximum atomic E-state index is 13.3. The number of fused-ring (bicyclic) bond motifs is 1. The number of nitrogens with zero attached hydrogens (tertiary/aromatic N) is 2. The third-order valence-corrected chi connectivity index (χ3v) is 6.45. The van der Waals surface area contributed by atoms with E-state index in [0.29, 0.717) is 6.54 Å². The molecule has 1 N–H and O–H groups in total. The van der Waals surface area contributed by atoms with Gasteiger partial charge in [-0.15, -0.1) is 0 Å². The molecule has 28 heavy (non-hydrogen) atoms. The van der Waals surface area contributed by atoms with E-state index in [1.54, 1.807) is 0 Å². The van der Waals surface area contributed by atoms with Crippen LogP contribution in [0.2, 0.25) is 0 Å². The van der Waals surface area contributed by atoms with Gasteiger partial charge in [-0.1, -0.05) is 31.0 Å². The monoisotopic (exact) mass is 383 g/mol. The number of carbonyl (C=O) groups excluding carboxylic acids is 3. The van der Waals surface area contributed by atoms with Crippen LogP contribution in [0.25, 0.3) is 0 Å². The molecule has 6 heteroatoms. The lowest BCUT2D eigenvalue weighted by Gasteiger charge is -2.32. The molecule has 1 saturated heterocycles. The number of anilines is 1. The Hall–Kier alpha value is -2.37. The number of likely N-dealkylation sites (tertiary alicyclic amines) is 1. The third kappa shape index (κ3) is 3.77. The molecule has 1 saturated carbocycles. The molecule has 2 aliphatic heterocycles. The maximum absolute atomic E-state index is 13.3. The quantitative estimate of drug-likeness (QED) is 0.866. The molecule has 2 fully saturated rings. The number of nitrogens with one attached hydrogen (secondary N) is 1. The Kier molecular flexibility index (Phi) is 5.64. The third-order valence-electron chi connectivity index (χ3n) is 6.45. The second-order valence-electron chi connectivity index (χ2n) is 8.17. The van der Waals surface area contributed by atoms with E-state index in [4.69, 9.17) is 0 Å². The lowest BCUT2D eigenvalue weighted by atomic mass is 9.77. The van der Waals surface area contributed by atoms with Crippen molar-refractivity contribution >= 4 is 23.4 Å². The van der Waals surface area contributed by atoms with Crippen molar-refractivity contribution < 1.29 is 14.4 Å². The molecule has 3 aliphatic rings. The van der Waals surface area contributed by atoms with E-state index in [1.807, 2.05) is 28.0 Å². The molecule has 0 aromatic heterocycles. The Morgan fingerprint density at radius 3 is 2.43 bits per heavy atom. The number of hydrogen-bond acceptors (Lipinski definition) is 3. The van der Waals surface area contributed by atoms with Gasteiger partial charge in [-0.2, -0.15) is 0 Å². The van der Waals surface area contributed by atoms with Gasteiger partial charge in [0.2, 0.25) is 17.7 Å². The second kappa shape index (κ2) is 8.33. The van der Waals surface area contributed by atoms with Crippen LogP contribution in [0.1, 0.15) is 44.1 Å². The highest BCUT2D eigenvalue weighted by Gasteiger charge is 2.39. The Labute approximate surface area is 166 Å². The van der Waals surface area contributed by atoms with Crippen LogP contribution in [0.4, 0.5) is 5.69 Å². The number of hydrogen-bond donors (Lipinski definition) is 1. The SMILES string of the molecule is O=C(NCC(=O)N1CCCC1)C1CCCCC1C(=O)N1CCc2ccccc21. The predicted molar refractivity (Wildman–Crippen MR) is 107 cm³/mol. The molecule has 1 aromatic rings. The molecule has 0 spiro atoms. The van der Waals surface area contributed by atoms with Gasteiger partial charge >= 0.3 is 0 Å². The maximum Gasteiger partial charge on any atom is 0.241 e. The van der Waals surface area contributed by atoms with E-state index in [2.05, 4.69) is 11.4 Å². The summed E-state index contributed by atoms with van der Waals surface area (Å²) in [5.74, 6) is -0.714. The first kappa shape index (κ1) is 19.0. The average molecular weight is 383 g/mol. The summed E-state index contributed by atoms with van der Waals surface area (Å²) in [6.45, 7) is 2.31. The van der Waals surface area contributed by atoms with Crippen LogP contribution in [-0.2, 0) is 20.8 Å². The molecule has 6 nitrogen and oxygen atoms in total. The van der Waals surface area contributed by atoms with Crippen molar-refractivity contribution in [1.29, 1.82) is 0 Å². The lowest BCUT2D eigenvalue weighted by molar-refractivity contribution is -0.137. The van der Waals surface area contributed by atoms with E-state index < -0.39 is 0 Å². The molecule has 3 amide bonds. The minimum absolute atomic E-state index is 0.0157. The summed E-state index contributed by atoms with van der Waals surface area (Å²) >= 11 is 0. The molecule has 2 unspecified atom stereocenters. The fraction of sp³-hybridized carbons (Fsp3) is 0.591. The summed E-state index contributed by atoms with van der Waals surface area (Å²) in [5, 5.41) is 2.82. The molecule has 4 rings (SSSR count). The highest BCUT2D eigenvalue weighted by Crippen LogP contribution is 2.35. The van der Waals surface area contributed by atoms with E-state index in [9.17, 15) is 14.4 Å². The molecule has 2 heterocycles. The van der Waals surface area contributed by atoms with Crippen molar-refractivity contribution in [2.24, 2.45) is 11.8 Å². The zero-order valence-electron chi connectivity index (χ0n) is 16.4. The van der Waals surface area contributed by atoms with Gasteiger partial charge in [0, 0.05) is 31.2 Å². The number of rotatable bonds is 4. The van der Waals surface area contributed by atoms with Crippen LogP contribution in [0, 0.1) is 11.8 Å². The molecule has 1 aliphatic carbocycles. The van der Waals surface area contributed by atoms with Crippen LogP contribution >= 0.6 is 0 Å². The minimum atomic E-state index is -0.333. The first-order valence-electron chi connectivity index (χ1n) is 10.6. The number of para-hydroxylation sites is 1. The van der Waals surface area contributed by atoms with Crippen LogP contribution in [0.3, 0.4) is 0 Å². The van der Waals surface area contributed by atoms with Gasteiger partial charge in [0.1, 0.15) is 0 Å².